The Morgan fingerprint density at radius 1 is 0.373 bits per heavy atom. The third-order valence-electron chi connectivity index (χ3n) is 6.76. The van der Waals surface area contributed by atoms with Crippen molar-refractivity contribution in [3.63, 3.8) is 0 Å². The number of esters is 2. The molecule has 0 fully saturated rings. The van der Waals surface area contributed by atoms with E-state index in [-0.39, 0.29) is 37.9 Å². The van der Waals surface area contributed by atoms with Gasteiger partial charge in [0.25, 0.3) is 0 Å². The standard InChI is InChI=1S/C35H48O16/c36-34(50-28-1-3-30-32(25-28)48-23-19-44-15-11-40-7-5-38-9-13-42-17-21-46-30)27-35(37)51-29-2-4-31-33(26-29)49-24-20-45-16-12-41-8-6-39-10-14-43-18-22-47-31/h1-4,25-26H,5-24,27H2. The van der Waals surface area contributed by atoms with E-state index in [1.807, 2.05) is 0 Å². The average molecular weight is 725 g/mol. The Balaban J connectivity index is 1.29. The number of rotatable bonds is 4. The second kappa shape index (κ2) is 25.3. The van der Waals surface area contributed by atoms with Gasteiger partial charge in [0.1, 0.15) is 44.3 Å². The monoisotopic (exact) mass is 724 g/mol. The van der Waals surface area contributed by atoms with Crippen molar-refractivity contribution in [2.24, 2.45) is 0 Å². The fourth-order valence-corrected chi connectivity index (χ4v) is 4.39. The van der Waals surface area contributed by atoms with Crippen LogP contribution in [0, 0.1) is 0 Å². The van der Waals surface area contributed by atoms with Crippen LogP contribution < -0.4 is 28.4 Å². The van der Waals surface area contributed by atoms with Gasteiger partial charge >= 0.3 is 11.9 Å². The Morgan fingerprint density at radius 2 is 0.627 bits per heavy atom. The Labute approximate surface area is 297 Å². The van der Waals surface area contributed by atoms with Gasteiger partial charge in [0.15, 0.2) is 23.0 Å². The fourth-order valence-electron chi connectivity index (χ4n) is 4.39. The lowest BCUT2D eigenvalue weighted by molar-refractivity contribution is -0.144. The van der Waals surface area contributed by atoms with E-state index in [9.17, 15) is 9.59 Å². The number of benzene rings is 2. The Hall–Kier alpha value is -3.74. The molecule has 0 unspecified atom stereocenters. The zero-order valence-electron chi connectivity index (χ0n) is 28.8. The van der Waals surface area contributed by atoms with Gasteiger partial charge in [-0.05, 0) is 24.3 Å². The van der Waals surface area contributed by atoms with Gasteiger partial charge in [0.05, 0.1) is 106 Å². The molecule has 0 N–H and O–H groups in total. The molecule has 0 aliphatic carbocycles. The minimum atomic E-state index is -0.831. The molecular formula is C35H48O16. The topological polar surface area (TPSA) is 163 Å². The van der Waals surface area contributed by atoms with Crippen LogP contribution in [0.15, 0.2) is 36.4 Å². The normalized spacial score (nSPS) is 18.8. The first-order valence-electron chi connectivity index (χ1n) is 17.0. The van der Waals surface area contributed by atoms with Gasteiger partial charge < -0.3 is 66.3 Å². The van der Waals surface area contributed by atoms with Crippen LogP contribution in [0.5, 0.6) is 34.5 Å². The maximum atomic E-state index is 12.7. The maximum Gasteiger partial charge on any atom is 0.322 e. The molecule has 0 radical (unpaired) electrons. The molecule has 0 saturated heterocycles. The molecule has 0 spiro atoms. The van der Waals surface area contributed by atoms with Crippen molar-refractivity contribution in [3.8, 4) is 34.5 Å². The van der Waals surface area contributed by atoms with E-state index in [2.05, 4.69) is 0 Å². The summed E-state index contributed by atoms with van der Waals surface area (Å²) in [5.41, 5.74) is 0. The summed E-state index contributed by atoms with van der Waals surface area (Å²) >= 11 is 0. The molecular weight excluding hydrogens is 676 g/mol. The van der Waals surface area contributed by atoms with Crippen molar-refractivity contribution in [2.75, 3.05) is 132 Å². The van der Waals surface area contributed by atoms with E-state index in [4.69, 9.17) is 66.3 Å². The van der Waals surface area contributed by atoms with Crippen LogP contribution in [-0.2, 0) is 47.5 Å². The van der Waals surface area contributed by atoms with E-state index in [0.29, 0.717) is 129 Å². The van der Waals surface area contributed by atoms with Crippen molar-refractivity contribution in [2.45, 2.75) is 6.42 Å². The molecule has 0 saturated carbocycles. The quantitative estimate of drug-likeness (QED) is 0.256. The van der Waals surface area contributed by atoms with E-state index in [1.165, 1.54) is 24.3 Å². The lowest BCUT2D eigenvalue weighted by Gasteiger charge is -2.15. The van der Waals surface area contributed by atoms with Gasteiger partial charge in [-0.2, -0.15) is 0 Å². The minimum absolute atomic E-state index is 0.152. The Bertz CT molecular complexity index is 1180. The Kier molecular flexibility index (Phi) is 19.8. The van der Waals surface area contributed by atoms with Crippen LogP contribution in [0.4, 0.5) is 0 Å². The van der Waals surface area contributed by atoms with Crippen LogP contribution >= 0.6 is 0 Å². The summed E-state index contributed by atoms with van der Waals surface area (Å²) in [6, 6.07) is 9.28. The van der Waals surface area contributed by atoms with Crippen molar-refractivity contribution in [1.29, 1.82) is 0 Å². The lowest BCUT2D eigenvalue weighted by Crippen LogP contribution is -2.18. The van der Waals surface area contributed by atoms with Crippen LogP contribution in [-0.4, -0.2) is 144 Å². The fraction of sp³-hybridized carbons (Fsp3) is 0.600. The highest BCUT2D eigenvalue weighted by atomic mass is 16.6. The molecule has 2 aliphatic heterocycles. The van der Waals surface area contributed by atoms with Crippen LogP contribution in [0.25, 0.3) is 0 Å². The van der Waals surface area contributed by atoms with E-state index >= 15 is 0 Å². The second-order valence-corrected chi connectivity index (χ2v) is 10.6. The lowest BCUT2D eigenvalue weighted by atomic mass is 10.3. The van der Waals surface area contributed by atoms with Crippen molar-refractivity contribution < 1.29 is 75.9 Å². The molecule has 0 amide bonds. The van der Waals surface area contributed by atoms with Gasteiger partial charge in [-0.1, -0.05) is 0 Å². The summed E-state index contributed by atoms with van der Waals surface area (Å²) in [5.74, 6) is 0.147. The molecule has 4 rings (SSSR count). The smallest absolute Gasteiger partial charge is 0.322 e. The zero-order valence-corrected chi connectivity index (χ0v) is 28.8. The van der Waals surface area contributed by atoms with Crippen LogP contribution in [0.2, 0.25) is 0 Å². The predicted molar refractivity (Wildman–Crippen MR) is 177 cm³/mol. The molecule has 2 heterocycles. The van der Waals surface area contributed by atoms with Crippen LogP contribution in [0.3, 0.4) is 0 Å². The maximum absolute atomic E-state index is 12.7. The van der Waals surface area contributed by atoms with Gasteiger partial charge in [-0.25, -0.2) is 0 Å². The number of ether oxygens (including phenoxy) is 14. The second-order valence-electron chi connectivity index (χ2n) is 10.6. The zero-order chi connectivity index (χ0) is 35.6. The Morgan fingerprint density at radius 3 is 0.922 bits per heavy atom. The number of fused-ring (bicyclic) bond motifs is 2. The number of carbonyl (C=O) groups is 2. The molecule has 16 nitrogen and oxygen atoms in total. The van der Waals surface area contributed by atoms with E-state index < -0.39 is 18.4 Å². The van der Waals surface area contributed by atoms with Gasteiger partial charge in [-0.3, -0.25) is 9.59 Å². The minimum Gasteiger partial charge on any atom is -0.487 e. The molecule has 2 aliphatic rings. The molecule has 51 heavy (non-hydrogen) atoms. The number of carbonyl (C=O) groups excluding carboxylic acids is 2. The van der Waals surface area contributed by atoms with Gasteiger partial charge in [0.2, 0.25) is 0 Å². The molecule has 0 atom stereocenters. The summed E-state index contributed by atoms with van der Waals surface area (Å²) in [7, 11) is 0. The summed E-state index contributed by atoms with van der Waals surface area (Å²) < 4.78 is 78.2. The average Bonchev–Trinajstić information content (AvgIpc) is 3.11. The van der Waals surface area contributed by atoms with E-state index in [1.54, 1.807) is 12.1 Å². The van der Waals surface area contributed by atoms with E-state index in [0.717, 1.165) is 0 Å². The molecule has 0 aromatic heterocycles. The molecule has 2 aromatic carbocycles. The van der Waals surface area contributed by atoms with Gasteiger partial charge in [-0.15, -0.1) is 0 Å². The highest BCUT2D eigenvalue weighted by molar-refractivity contribution is 5.93. The predicted octanol–water partition coefficient (Wildman–Crippen LogP) is 2.26. The molecule has 0 bridgehead atoms. The summed E-state index contributed by atoms with van der Waals surface area (Å²) in [5, 5.41) is 0. The van der Waals surface area contributed by atoms with Gasteiger partial charge in [0, 0.05) is 12.1 Å². The van der Waals surface area contributed by atoms with Crippen molar-refractivity contribution in [1.82, 2.24) is 0 Å². The number of hydrogen-bond donors (Lipinski definition) is 0. The molecule has 284 valence electrons. The first-order chi connectivity index (χ1) is 25.2. The highest BCUT2D eigenvalue weighted by Crippen LogP contribution is 2.33. The van der Waals surface area contributed by atoms with Crippen molar-refractivity contribution >= 4 is 11.9 Å². The number of hydrogen-bond acceptors (Lipinski definition) is 16. The SMILES string of the molecule is O=C(CC(=O)Oc1ccc2c(c1)OCCOCCOCCOCCOCCO2)Oc1ccc2c(c1)OCCOCCOCCOCCOCCO2. The first kappa shape index (κ1) is 40.0. The third-order valence-corrected chi connectivity index (χ3v) is 6.76. The highest BCUT2D eigenvalue weighted by Gasteiger charge is 2.18. The third kappa shape index (κ3) is 17.4. The first-order valence-corrected chi connectivity index (χ1v) is 17.0. The largest absolute Gasteiger partial charge is 0.487 e. The summed E-state index contributed by atoms with van der Waals surface area (Å²) in [6.07, 6.45) is -0.656. The van der Waals surface area contributed by atoms with Crippen molar-refractivity contribution in [3.05, 3.63) is 36.4 Å². The van der Waals surface area contributed by atoms with Crippen LogP contribution in [0.1, 0.15) is 6.42 Å². The summed E-state index contributed by atoms with van der Waals surface area (Å²) in [6.45, 7) is 7.45. The molecule has 2 aromatic rings. The summed E-state index contributed by atoms with van der Waals surface area (Å²) in [4.78, 5) is 25.4. The molecule has 16 heteroatoms.